The van der Waals surface area contributed by atoms with Gasteiger partial charge >= 0.3 is 16.6 Å². The highest BCUT2D eigenvalue weighted by molar-refractivity contribution is 7.95. The van der Waals surface area contributed by atoms with Gasteiger partial charge in [0.05, 0.1) is 17.4 Å². The molecule has 2 aromatic heterocycles. The van der Waals surface area contributed by atoms with E-state index < -0.39 is 57.1 Å². The number of hydrogen-bond donors (Lipinski definition) is 2. The molecule has 42 heavy (non-hydrogen) atoms. The summed E-state index contributed by atoms with van der Waals surface area (Å²) in [6.45, 7) is 0. The van der Waals surface area contributed by atoms with Gasteiger partial charge in [-0.1, -0.05) is 24.3 Å². The van der Waals surface area contributed by atoms with Crippen LogP contribution in [0.1, 0.15) is 27.3 Å². The summed E-state index contributed by atoms with van der Waals surface area (Å²) in [6.07, 6.45) is -5.44. The lowest BCUT2D eigenvalue weighted by Crippen LogP contribution is -2.22. The van der Waals surface area contributed by atoms with Crippen molar-refractivity contribution in [2.75, 3.05) is 0 Å². The van der Waals surface area contributed by atoms with Crippen LogP contribution in [0.3, 0.4) is 0 Å². The highest BCUT2D eigenvalue weighted by Gasteiger charge is 2.41. The summed E-state index contributed by atoms with van der Waals surface area (Å²) < 4.78 is 94.5. The first-order valence-corrected chi connectivity index (χ1v) is 14.2. The third-order valence-electron chi connectivity index (χ3n) is 6.15. The molecule has 5 aromatic rings. The Balaban J connectivity index is 1.74. The number of halogens is 5. The zero-order valence-corrected chi connectivity index (χ0v) is 22.6. The highest BCUT2D eigenvalue weighted by atomic mass is 32.3. The summed E-state index contributed by atoms with van der Waals surface area (Å²) >= 11 is 0.587. The number of aromatic nitrogens is 3. The Labute approximate surface area is 239 Å². The molecule has 0 aliphatic rings. The number of aromatic carboxylic acids is 1. The van der Waals surface area contributed by atoms with Crippen molar-refractivity contribution in [2.24, 2.45) is 5.14 Å². The first-order valence-electron chi connectivity index (χ1n) is 11.8. The second-order valence-corrected chi connectivity index (χ2v) is 11.4. The summed E-state index contributed by atoms with van der Waals surface area (Å²) in [4.78, 5) is 14.8. The van der Waals surface area contributed by atoms with E-state index in [2.05, 4.69) is 10.1 Å². The Morgan fingerprint density at radius 2 is 1.76 bits per heavy atom. The number of carboxylic acid groups (broad SMARTS) is 1. The van der Waals surface area contributed by atoms with Gasteiger partial charge in [-0.3, -0.25) is 0 Å². The van der Waals surface area contributed by atoms with E-state index >= 15 is 0 Å². The molecule has 1 unspecified atom stereocenters. The van der Waals surface area contributed by atoms with Crippen LogP contribution in [0.25, 0.3) is 27.5 Å². The van der Waals surface area contributed by atoms with Crippen molar-refractivity contribution in [3.05, 3.63) is 106 Å². The average molecular weight is 621 g/mol. The number of benzene rings is 3. The average Bonchev–Trinajstić information content (AvgIpc) is 3.54. The molecule has 2 heterocycles. The van der Waals surface area contributed by atoms with Crippen molar-refractivity contribution in [3.8, 4) is 27.5 Å². The molecule has 15 heteroatoms. The van der Waals surface area contributed by atoms with E-state index in [-0.39, 0.29) is 38.4 Å². The molecular weight excluding hydrogens is 603 g/mol. The highest BCUT2D eigenvalue weighted by Crippen LogP contribution is 2.41. The molecule has 0 saturated heterocycles. The molecule has 0 radical (unpaired) electrons. The van der Waals surface area contributed by atoms with Crippen molar-refractivity contribution < 1.29 is 40.6 Å². The van der Waals surface area contributed by atoms with Gasteiger partial charge in [-0.05, 0) is 57.8 Å². The van der Waals surface area contributed by atoms with Crippen molar-refractivity contribution in [2.45, 2.75) is 17.5 Å². The summed E-state index contributed by atoms with van der Waals surface area (Å²) in [5, 5.41) is 21.2. The second-order valence-electron chi connectivity index (χ2n) is 8.98. The van der Waals surface area contributed by atoms with E-state index in [0.717, 1.165) is 23.6 Å². The van der Waals surface area contributed by atoms with E-state index in [0.29, 0.717) is 16.0 Å². The van der Waals surface area contributed by atoms with Crippen LogP contribution in [0.2, 0.25) is 0 Å². The molecule has 8 nitrogen and oxygen atoms in total. The van der Waals surface area contributed by atoms with Gasteiger partial charge in [-0.2, -0.15) is 22.8 Å². The van der Waals surface area contributed by atoms with Crippen molar-refractivity contribution >= 4 is 27.7 Å². The van der Waals surface area contributed by atoms with E-state index in [4.69, 9.17) is 5.14 Å². The lowest BCUT2D eigenvalue weighted by atomic mass is 9.96. The predicted molar refractivity (Wildman–Crippen MR) is 142 cm³/mol. The fourth-order valence-electron chi connectivity index (χ4n) is 4.29. The number of nitrogens with two attached hydrogens (primary N) is 1. The third-order valence-corrected chi connectivity index (χ3v) is 7.92. The van der Waals surface area contributed by atoms with Crippen LogP contribution in [0.4, 0.5) is 22.0 Å². The van der Waals surface area contributed by atoms with Gasteiger partial charge in [-0.25, -0.2) is 18.4 Å². The van der Waals surface area contributed by atoms with E-state index in [1.807, 2.05) is 0 Å². The van der Waals surface area contributed by atoms with Gasteiger partial charge in [0, 0.05) is 28.5 Å². The lowest BCUT2D eigenvalue weighted by molar-refractivity contribution is -0.255. The minimum absolute atomic E-state index is 0.0450. The third kappa shape index (κ3) is 5.85. The number of carbonyl (C=O) groups is 1. The SMILES string of the molecule is N[S+](=O)(O)c1ccc(Cc2c(-c3ccc(F)c(-c4cccc(F)c4)c3)nn(-c3nc(C(=O)[O-])cs3)c2C(F)(F)F)cc1. The summed E-state index contributed by atoms with van der Waals surface area (Å²) in [5.74, 6) is -3.11. The maximum Gasteiger partial charge on any atom is 0.433 e. The van der Waals surface area contributed by atoms with Crippen molar-refractivity contribution in [1.29, 1.82) is 0 Å². The maximum absolute atomic E-state index is 14.8. The molecule has 0 aliphatic heterocycles. The van der Waals surface area contributed by atoms with Gasteiger partial charge < -0.3 is 9.90 Å². The van der Waals surface area contributed by atoms with E-state index in [1.165, 1.54) is 48.5 Å². The summed E-state index contributed by atoms with van der Waals surface area (Å²) in [6, 6.07) is 13.5. The zero-order valence-electron chi connectivity index (χ0n) is 20.9. The molecule has 0 aliphatic carbocycles. The zero-order chi connectivity index (χ0) is 30.4. The van der Waals surface area contributed by atoms with Gasteiger partial charge in [-0.15, -0.1) is 16.5 Å². The number of alkyl halides is 3. The van der Waals surface area contributed by atoms with Gasteiger partial charge in [0.2, 0.25) is 10.0 Å². The molecule has 0 saturated carbocycles. The van der Waals surface area contributed by atoms with E-state index in [1.54, 1.807) is 0 Å². The largest absolute Gasteiger partial charge is 0.543 e. The molecule has 0 amide bonds. The minimum Gasteiger partial charge on any atom is -0.543 e. The Hall–Kier alpha value is -4.31. The molecule has 0 bridgehead atoms. The predicted octanol–water partition coefficient (Wildman–Crippen LogP) is 5.12. The van der Waals surface area contributed by atoms with Crippen LogP contribution in [-0.2, 0) is 27.2 Å². The molecule has 0 spiro atoms. The molecule has 216 valence electrons. The summed E-state index contributed by atoms with van der Waals surface area (Å²) in [7, 11) is -3.82. The van der Waals surface area contributed by atoms with Crippen LogP contribution < -0.4 is 10.2 Å². The van der Waals surface area contributed by atoms with Crippen molar-refractivity contribution in [1.82, 2.24) is 14.8 Å². The topological polar surface area (TPSA) is 134 Å². The van der Waals surface area contributed by atoms with Gasteiger partial charge in [0.1, 0.15) is 11.6 Å². The van der Waals surface area contributed by atoms with Gasteiger partial charge in [0.25, 0.3) is 0 Å². The smallest absolute Gasteiger partial charge is 0.433 e. The first-order chi connectivity index (χ1) is 19.7. The fraction of sp³-hybridized carbons (Fsp3) is 0.0741. The Bertz CT molecular complexity index is 1860. The molecule has 3 N–H and O–H groups in total. The quantitative estimate of drug-likeness (QED) is 0.192. The number of rotatable bonds is 7. The standard InChI is InChI=1S/C27H17F5N4O4S2/c28-17-3-1-2-15(11-17)19-12-16(6-9-21(19)29)23-20(10-14-4-7-18(8-5-14)42(33,39)40)24(27(30,31)32)36(35-23)26-34-22(13-41-26)25(37)38/h1-9,11-13H,10H2,(H3-,33,37,38,39,40). The molecular formula is C27H17F5N4O4S2. The van der Waals surface area contributed by atoms with Crippen LogP contribution in [-0.4, -0.2) is 25.3 Å². The maximum atomic E-state index is 14.8. The number of hydrogen-bond acceptors (Lipinski definition) is 6. The monoisotopic (exact) mass is 620 g/mol. The first kappa shape index (κ1) is 29.2. The second kappa shape index (κ2) is 10.8. The minimum atomic E-state index is -5.03. The Morgan fingerprint density at radius 1 is 1.05 bits per heavy atom. The lowest BCUT2D eigenvalue weighted by Gasteiger charge is -2.12. The number of thiazole rings is 1. The normalized spacial score (nSPS) is 13.2. The fourth-order valence-corrected chi connectivity index (χ4v) is 5.57. The number of carboxylic acids is 1. The summed E-state index contributed by atoms with van der Waals surface area (Å²) in [5.41, 5.74) is -2.13. The molecule has 3 aromatic carbocycles. The van der Waals surface area contributed by atoms with Crippen LogP contribution in [0.5, 0.6) is 0 Å². The molecule has 1 atom stereocenters. The number of carbonyl (C=O) groups excluding carboxylic acids is 1. The van der Waals surface area contributed by atoms with E-state index in [9.17, 15) is 40.6 Å². The Kier molecular flexibility index (Phi) is 7.53. The van der Waals surface area contributed by atoms with Crippen LogP contribution >= 0.6 is 11.3 Å². The number of nitrogens with zero attached hydrogens (tertiary/aromatic N) is 3. The van der Waals surface area contributed by atoms with Crippen LogP contribution in [0.15, 0.2) is 77.0 Å². The van der Waals surface area contributed by atoms with Gasteiger partial charge in [0.15, 0.2) is 5.69 Å². The van der Waals surface area contributed by atoms with Crippen molar-refractivity contribution in [3.63, 3.8) is 0 Å². The van der Waals surface area contributed by atoms with Crippen LogP contribution in [0, 0.1) is 11.6 Å². The Morgan fingerprint density at radius 3 is 2.36 bits per heavy atom. The molecule has 0 fully saturated rings. The molecule has 5 rings (SSSR count).